The van der Waals surface area contributed by atoms with E-state index in [1.165, 1.54) is 12.1 Å². The lowest BCUT2D eigenvalue weighted by Gasteiger charge is -2.30. The number of hydrogen-bond acceptors (Lipinski definition) is 5. The van der Waals surface area contributed by atoms with Crippen LogP contribution in [0.4, 0.5) is 10.3 Å². The Balaban J connectivity index is 1.62. The van der Waals surface area contributed by atoms with E-state index in [0.29, 0.717) is 30.5 Å². The predicted octanol–water partition coefficient (Wildman–Crippen LogP) is 3.61. The third-order valence-electron chi connectivity index (χ3n) is 4.33. The Morgan fingerprint density at radius 2 is 1.83 bits per heavy atom. The van der Waals surface area contributed by atoms with Crippen LogP contribution in [0.5, 0.6) is 0 Å². The number of ketones is 1. The van der Waals surface area contributed by atoms with Crippen molar-refractivity contribution in [3.8, 4) is 0 Å². The minimum Gasteiger partial charge on any atom is -0.338 e. The first-order valence-corrected chi connectivity index (χ1v) is 8.23. The third-order valence-corrected chi connectivity index (χ3v) is 4.33. The molecule has 3 rings (SSSR count). The first kappa shape index (κ1) is 16.6. The van der Waals surface area contributed by atoms with Crippen molar-refractivity contribution in [2.45, 2.75) is 39.0 Å². The zero-order valence-electron chi connectivity index (χ0n) is 14.3. The SMILES string of the molecule is CC(C)(C)c1nc(N2CCC(C(=O)c3ccc(F)cc3)CC2)no1. The monoisotopic (exact) mass is 331 g/mol. The Morgan fingerprint density at radius 1 is 1.21 bits per heavy atom. The van der Waals surface area contributed by atoms with Crippen LogP contribution in [0.2, 0.25) is 0 Å². The van der Waals surface area contributed by atoms with Crippen molar-refractivity contribution in [2.75, 3.05) is 18.0 Å². The number of benzene rings is 1. The van der Waals surface area contributed by atoms with Crippen molar-refractivity contribution in [1.82, 2.24) is 10.1 Å². The van der Waals surface area contributed by atoms with Crippen molar-refractivity contribution in [1.29, 1.82) is 0 Å². The van der Waals surface area contributed by atoms with Gasteiger partial charge in [0.1, 0.15) is 5.82 Å². The zero-order chi connectivity index (χ0) is 17.3. The number of piperidine rings is 1. The fourth-order valence-electron chi connectivity index (χ4n) is 2.84. The first-order valence-electron chi connectivity index (χ1n) is 8.23. The Labute approximate surface area is 140 Å². The van der Waals surface area contributed by atoms with Gasteiger partial charge in [-0.15, -0.1) is 0 Å². The van der Waals surface area contributed by atoms with Gasteiger partial charge in [0.2, 0.25) is 5.89 Å². The number of nitrogens with zero attached hydrogens (tertiary/aromatic N) is 3. The van der Waals surface area contributed by atoms with E-state index >= 15 is 0 Å². The molecule has 0 amide bonds. The summed E-state index contributed by atoms with van der Waals surface area (Å²) in [5.41, 5.74) is 0.395. The van der Waals surface area contributed by atoms with E-state index in [0.717, 1.165) is 12.8 Å². The molecule has 0 bridgehead atoms. The van der Waals surface area contributed by atoms with Crippen molar-refractivity contribution in [3.63, 3.8) is 0 Å². The molecule has 1 saturated heterocycles. The molecule has 1 aromatic heterocycles. The van der Waals surface area contributed by atoms with E-state index in [-0.39, 0.29) is 22.9 Å². The number of Topliss-reactive ketones (excluding diaryl/α,β-unsaturated/α-hetero) is 1. The van der Waals surface area contributed by atoms with Crippen LogP contribution < -0.4 is 4.90 Å². The van der Waals surface area contributed by atoms with Crippen molar-refractivity contribution in [2.24, 2.45) is 5.92 Å². The average Bonchev–Trinajstić information content (AvgIpc) is 3.05. The molecule has 24 heavy (non-hydrogen) atoms. The van der Waals surface area contributed by atoms with Crippen LogP contribution in [0, 0.1) is 11.7 Å². The van der Waals surface area contributed by atoms with Gasteiger partial charge in [0.25, 0.3) is 5.95 Å². The maximum atomic E-state index is 13.0. The van der Waals surface area contributed by atoms with E-state index in [2.05, 4.69) is 10.1 Å². The van der Waals surface area contributed by atoms with E-state index in [9.17, 15) is 9.18 Å². The van der Waals surface area contributed by atoms with Crippen molar-refractivity contribution in [3.05, 3.63) is 41.5 Å². The van der Waals surface area contributed by atoms with Crippen LogP contribution in [0.1, 0.15) is 49.9 Å². The molecule has 1 aliphatic heterocycles. The molecule has 2 aromatic rings. The van der Waals surface area contributed by atoms with Crippen LogP contribution in [-0.4, -0.2) is 29.0 Å². The molecule has 0 unspecified atom stereocenters. The van der Waals surface area contributed by atoms with Gasteiger partial charge < -0.3 is 9.42 Å². The maximum absolute atomic E-state index is 13.0. The van der Waals surface area contributed by atoms with E-state index in [1.807, 2.05) is 25.7 Å². The second kappa shape index (κ2) is 6.34. The molecule has 1 aliphatic rings. The number of rotatable bonds is 3. The standard InChI is InChI=1S/C18H22FN3O2/c1-18(2,3)16-20-17(21-24-16)22-10-8-13(9-11-22)15(23)12-4-6-14(19)7-5-12/h4-7,13H,8-11H2,1-3H3. The van der Waals surface area contributed by atoms with Gasteiger partial charge in [-0.25, -0.2) is 4.39 Å². The lowest BCUT2D eigenvalue weighted by Crippen LogP contribution is -2.37. The highest BCUT2D eigenvalue weighted by Gasteiger charge is 2.29. The van der Waals surface area contributed by atoms with E-state index in [4.69, 9.17) is 4.52 Å². The molecule has 5 nitrogen and oxygen atoms in total. The van der Waals surface area contributed by atoms with E-state index < -0.39 is 0 Å². The second-order valence-corrected chi connectivity index (χ2v) is 7.28. The molecule has 0 radical (unpaired) electrons. The predicted molar refractivity (Wildman–Crippen MR) is 88.7 cm³/mol. The number of aromatic nitrogens is 2. The van der Waals surface area contributed by atoms with Crippen molar-refractivity contribution >= 4 is 11.7 Å². The topological polar surface area (TPSA) is 59.2 Å². The van der Waals surface area contributed by atoms with Crippen LogP contribution in [0.15, 0.2) is 28.8 Å². The summed E-state index contributed by atoms with van der Waals surface area (Å²) in [5.74, 6) is 0.918. The fraction of sp³-hybridized carbons (Fsp3) is 0.500. The Bertz CT molecular complexity index is 711. The zero-order valence-corrected chi connectivity index (χ0v) is 14.3. The van der Waals surface area contributed by atoms with Gasteiger partial charge in [-0.05, 0) is 42.3 Å². The molecular formula is C18H22FN3O2. The third kappa shape index (κ3) is 3.47. The smallest absolute Gasteiger partial charge is 0.266 e. The van der Waals surface area contributed by atoms with E-state index in [1.54, 1.807) is 12.1 Å². The van der Waals surface area contributed by atoms with Gasteiger partial charge >= 0.3 is 0 Å². The van der Waals surface area contributed by atoms with Crippen LogP contribution in [0.3, 0.4) is 0 Å². The summed E-state index contributed by atoms with van der Waals surface area (Å²) < 4.78 is 18.3. The van der Waals surface area contributed by atoms with Gasteiger partial charge in [-0.2, -0.15) is 4.98 Å². The van der Waals surface area contributed by atoms with Gasteiger partial charge in [-0.3, -0.25) is 4.79 Å². The number of halogens is 1. The highest BCUT2D eigenvalue weighted by Crippen LogP contribution is 2.27. The fourth-order valence-corrected chi connectivity index (χ4v) is 2.84. The minimum absolute atomic E-state index is 0.0410. The number of carbonyl (C=O) groups is 1. The Hall–Kier alpha value is -2.24. The molecule has 0 N–H and O–H groups in total. The van der Waals surface area contributed by atoms with Gasteiger partial charge in [0, 0.05) is 30.0 Å². The Morgan fingerprint density at radius 3 is 2.38 bits per heavy atom. The van der Waals surface area contributed by atoms with Crippen molar-refractivity contribution < 1.29 is 13.7 Å². The quantitative estimate of drug-likeness (QED) is 0.804. The lowest BCUT2D eigenvalue weighted by molar-refractivity contribution is 0.0900. The summed E-state index contributed by atoms with van der Waals surface area (Å²) in [6, 6.07) is 5.77. The summed E-state index contributed by atoms with van der Waals surface area (Å²) in [6.07, 6.45) is 1.46. The highest BCUT2D eigenvalue weighted by atomic mass is 19.1. The van der Waals surface area contributed by atoms with Crippen LogP contribution in [0.25, 0.3) is 0 Å². The summed E-state index contributed by atoms with van der Waals surface area (Å²) in [4.78, 5) is 19.0. The summed E-state index contributed by atoms with van der Waals surface area (Å²) in [5, 5.41) is 4.06. The number of carbonyl (C=O) groups excluding carboxylic acids is 1. The minimum atomic E-state index is -0.326. The molecule has 128 valence electrons. The number of hydrogen-bond donors (Lipinski definition) is 0. The molecule has 1 fully saturated rings. The molecule has 0 saturated carbocycles. The number of anilines is 1. The lowest BCUT2D eigenvalue weighted by atomic mass is 9.89. The molecule has 0 aliphatic carbocycles. The molecule has 2 heterocycles. The maximum Gasteiger partial charge on any atom is 0.266 e. The van der Waals surface area contributed by atoms with Gasteiger partial charge in [0.15, 0.2) is 5.78 Å². The molecule has 0 atom stereocenters. The van der Waals surface area contributed by atoms with Gasteiger partial charge in [-0.1, -0.05) is 20.8 Å². The first-order chi connectivity index (χ1) is 11.3. The molecular weight excluding hydrogens is 309 g/mol. The highest BCUT2D eigenvalue weighted by molar-refractivity contribution is 5.97. The summed E-state index contributed by atoms with van der Waals surface area (Å²) in [6.45, 7) is 7.50. The molecule has 6 heteroatoms. The second-order valence-electron chi connectivity index (χ2n) is 7.28. The Kier molecular flexibility index (Phi) is 4.39. The average molecular weight is 331 g/mol. The van der Waals surface area contributed by atoms with Crippen LogP contribution >= 0.6 is 0 Å². The van der Waals surface area contributed by atoms with Crippen LogP contribution in [-0.2, 0) is 5.41 Å². The summed E-state index contributed by atoms with van der Waals surface area (Å²) >= 11 is 0. The largest absolute Gasteiger partial charge is 0.338 e. The van der Waals surface area contributed by atoms with Gasteiger partial charge in [0.05, 0.1) is 0 Å². The molecule has 1 aromatic carbocycles. The molecule has 0 spiro atoms. The summed E-state index contributed by atoms with van der Waals surface area (Å²) in [7, 11) is 0. The normalized spacial score (nSPS) is 16.4.